The smallest absolute Gasteiger partial charge is 0.330 e. The Morgan fingerprint density at radius 2 is 1.78 bits per heavy atom. The van der Waals surface area contributed by atoms with Crippen LogP contribution in [0.2, 0.25) is 0 Å². The van der Waals surface area contributed by atoms with Gasteiger partial charge in [0.05, 0.1) is 18.8 Å². The molecule has 37 heavy (non-hydrogen) atoms. The highest BCUT2D eigenvalue weighted by atomic mass is 31.3. The molecule has 10 atom stereocenters. The molecule has 0 aromatic carbocycles. The third-order valence-corrected chi connectivity index (χ3v) is 8.32. The van der Waals surface area contributed by atoms with Gasteiger partial charge in [0.1, 0.15) is 30.6 Å². The van der Waals surface area contributed by atoms with E-state index in [0.717, 1.165) is 4.57 Å². The van der Waals surface area contributed by atoms with Crippen LogP contribution >= 0.6 is 15.6 Å². The van der Waals surface area contributed by atoms with Crippen LogP contribution in [0.1, 0.15) is 25.1 Å². The number of nitrogens with zero attached hydrogens (tertiary/aromatic N) is 1. The molecule has 0 aliphatic carbocycles. The molecule has 0 amide bonds. The van der Waals surface area contributed by atoms with E-state index in [1.54, 1.807) is 0 Å². The van der Waals surface area contributed by atoms with Gasteiger partial charge < -0.3 is 43.5 Å². The van der Waals surface area contributed by atoms with Crippen LogP contribution in [0.3, 0.4) is 0 Å². The summed E-state index contributed by atoms with van der Waals surface area (Å²) in [6.07, 6.45) is -8.85. The number of rotatable bonds is 10. The predicted octanol–water partition coefficient (Wildman–Crippen LogP) is -2.38. The first-order chi connectivity index (χ1) is 17.2. The highest BCUT2D eigenvalue weighted by Gasteiger charge is 2.46. The second kappa shape index (κ2) is 11.8. The summed E-state index contributed by atoms with van der Waals surface area (Å²) in [7, 11) is -8.83. The summed E-state index contributed by atoms with van der Waals surface area (Å²) >= 11 is 0. The van der Waals surface area contributed by atoms with Crippen LogP contribution in [0.15, 0.2) is 15.8 Å². The summed E-state index contributed by atoms with van der Waals surface area (Å²) in [4.78, 5) is 50.1. The number of nitrogens with one attached hydrogen (secondary N) is 1. The van der Waals surface area contributed by atoms with Gasteiger partial charge in [0, 0.05) is 32.4 Å². The van der Waals surface area contributed by atoms with Crippen LogP contribution < -0.4 is 21.0 Å². The molecule has 3 rings (SSSR count). The number of aliphatic hydroxyl groups is 2. The average molecular weight is 574 g/mol. The molecule has 2 aliphatic heterocycles. The normalized spacial score (nSPS) is 35.7. The molecule has 0 bridgehead atoms. The minimum absolute atomic E-state index is 0.158. The van der Waals surface area contributed by atoms with E-state index < -0.39 is 82.6 Å². The molecule has 19 heteroatoms. The van der Waals surface area contributed by atoms with Crippen LogP contribution in [0.4, 0.5) is 0 Å². The number of phosphoric ester groups is 2. The van der Waals surface area contributed by atoms with Gasteiger partial charge in [-0.3, -0.25) is 28.0 Å². The van der Waals surface area contributed by atoms with E-state index in [4.69, 9.17) is 23.5 Å². The molecule has 0 spiro atoms. The fourth-order valence-electron chi connectivity index (χ4n) is 3.88. The van der Waals surface area contributed by atoms with Crippen molar-refractivity contribution >= 4 is 15.6 Å². The van der Waals surface area contributed by atoms with Crippen molar-refractivity contribution in [1.82, 2.24) is 9.55 Å². The van der Waals surface area contributed by atoms with Gasteiger partial charge in [-0.1, -0.05) is 0 Å². The molecule has 1 aromatic heterocycles. The van der Waals surface area contributed by atoms with Crippen LogP contribution in [-0.2, 0) is 41.4 Å². The lowest BCUT2D eigenvalue weighted by Gasteiger charge is -2.44. The Hall–Kier alpha value is -1.30. The fraction of sp³-hybridized carbons (Fsp3) is 0.778. The van der Waals surface area contributed by atoms with Gasteiger partial charge in [-0.05, 0) is 13.8 Å². The molecule has 2 unspecified atom stereocenters. The number of aromatic amines is 1. The summed E-state index contributed by atoms with van der Waals surface area (Å²) < 4.78 is 59.7. The van der Waals surface area contributed by atoms with E-state index >= 15 is 0 Å². The molecular formula is C18H28N2O15P2-2. The van der Waals surface area contributed by atoms with Crippen molar-refractivity contribution in [3.63, 3.8) is 0 Å². The Kier molecular flexibility index (Phi) is 9.68. The van der Waals surface area contributed by atoms with E-state index in [1.165, 1.54) is 34.3 Å². The Labute approximate surface area is 210 Å². The zero-order valence-electron chi connectivity index (χ0n) is 20.2. The summed E-state index contributed by atoms with van der Waals surface area (Å²) in [5, 5.41) is 20.3. The van der Waals surface area contributed by atoms with Crippen molar-refractivity contribution in [1.29, 1.82) is 0 Å². The topological polar surface area (TPSA) is 240 Å². The zero-order valence-corrected chi connectivity index (χ0v) is 21.9. The number of hydrogen-bond donors (Lipinski definition) is 3. The number of phosphoric acid groups is 2. The van der Waals surface area contributed by atoms with Crippen molar-refractivity contribution in [3.05, 3.63) is 32.6 Å². The first-order valence-corrected chi connectivity index (χ1v) is 13.8. The molecule has 212 valence electrons. The summed E-state index contributed by atoms with van der Waals surface area (Å²) in [5.41, 5.74) is -1.22. The third-order valence-electron chi connectivity index (χ3n) is 5.79. The largest absolute Gasteiger partial charge is 0.756 e. The number of methoxy groups -OCH3 is 2. The Morgan fingerprint density at radius 1 is 1.14 bits per heavy atom. The number of ether oxygens (including phenoxy) is 4. The van der Waals surface area contributed by atoms with Gasteiger partial charge in [0.15, 0.2) is 6.29 Å². The third kappa shape index (κ3) is 7.22. The van der Waals surface area contributed by atoms with Crippen LogP contribution in [0.5, 0.6) is 0 Å². The average Bonchev–Trinajstić information content (AvgIpc) is 3.16. The zero-order chi connectivity index (χ0) is 27.7. The van der Waals surface area contributed by atoms with Crippen molar-refractivity contribution in [2.24, 2.45) is 0 Å². The first kappa shape index (κ1) is 30.2. The molecule has 0 radical (unpaired) electrons. The highest BCUT2D eigenvalue weighted by molar-refractivity contribution is 7.59. The first-order valence-electron chi connectivity index (χ1n) is 10.9. The molecule has 3 N–H and O–H groups in total. The van der Waals surface area contributed by atoms with Gasteiger partial charge in [0.2, 0.25) is 0 Å². The van der Waals surface area contributed by atoms with Crippen LogP contribution in [-0.4, -0.2) is 83.5 Å². The molecule has 2 saturated heterocycles. The quantitative estimate of drug-likeness (QED) is 0.247. The van der Waals surface area contributed by atoms with Gasteiger partial charge in [-0.25, -0.2) is 9.11 Å². The van der Waals surface area contributed by atoms with Crippen molar-refractivity contribution < 1.29 is 61.4 Å². The van der Waals surface area contributed by atoms with Gasteiger partial charge in [0.25, 0.3) is 21.2 Å². The number of aliphatic hydroxyl groups excluding tert-OH is 2. The molecule has 2 aliphatic rings. The maximum atomic E-state index is 12.3. The minimum atomic E-state index is -5.64. The molecule has 2 fully saturated rings. The Morgan fingerprint density at radius 3 is 2.41 bits per heavy atom. The maximum absolute atomic E-state index is 12.3. The van der Waals surface area contributed by atoms with E-state index in [0.29, 0.717) is 0 Å². The van der Waals surface area contributed by atoms with E-state index in [2.05, 4.69) is 13.8 Å². The lowest BCUT2D eigenvalue weighted by atomic mass is 10.00. The number of aromatic nitrogens is 2. The number of hydrogen-bond acceptors (Lipinski definition) is 15. The fourth-order valence-corrected chi connectivity index (χ4v) is 5.96. The van der Waals surface area contributed by atoms with Gasteiger partial charge in [-0.15, -0.1) is 0 Å². The van der Waals surface area contributed by atoms with E-state index in [1.807, 2.05) is 0 Å². The van der Waals surface area contributed by atoms with Gasteiger partial charge >= 0.3 is 5.69 Å². The minimum Gasteiger partial charge on any atom is -0.756 e. The molecule has 17 nitrogen and oxygen atoms in total. The molecular weight excluding hydrogens is 546 g/mol. The van der Waals surface area contributed by atoms with Crippen LogP contribution in [0, 0.1) is 6.92 Å². The Balaban J connectivity index is 1.61. The van der Waals surface area contributed by atoms with E-state index in [9.17, 15) is 38.7 Å². The SMILES string of the molecule is CO[C@@H]1[C@H](O)[C@@H](C)O[C@H](OP(=O)([O-])OP(=O)([O-])OC[C@H]2O[C@@H](n3cc(C)c(=O)[nH]c3=O)C[C@@H]2O)[C@@H]1OC. The summed E-state index contributed by atoms with van der Waals surface area (Å²) in [6.45, 7) is 1.98. The maximum Gasteiger partial charge on any atom is 0.330 e. The van der Waals surface area contributed by atoms with Crippen LogP contribution in [0.25, 0.3) is 0 Å². The number of aryl methyl sites for hydroxylation is 1. The lowest BCUT2D eigenvalue weighted by Crippen LogP contribution is -2.58. The Bertz CT molecular complexity index is 1160. The monoisotopic (exact) mass is 574 g/mol. The standard InChI is InChI=1S/C18H30N2O15P2/c1-8-6-20(18(24)19-16(8)23)12-5-10(21)11(33-12)7-31-36(25,26)35-37(27,28)34-17-15(30-4)14(29-3)13(22)9(2)32-17/h6,9-15,17,21-22H,5,7H2,1-4H3,(H,25,26)(H,27,28)(H,19,23,24)/p-2/t9-,10+,11-,12-,13-,14-,15-,17-/m1/s1. The lowest BCUT2D eigenvalue weighted by molar-refractivity contribution is -0.305. The second-order valence-corrected chi connectivity index (χ2v) is 11.3. The van der Waals surface area contributed by atoms with Gasteiger partial charge in [-0.2, -0.15) is 0 Å². The van der Waals surface area contributed by atoms with Crippen molar-refractivity contribution in [2.75, 3.05) is 20.8 Å². The molecule has 3 heterocycles. The second-order valence-electron chi connectivity index (χ2n) is 8.39. The number of H-pyrrole nitrogens is 1. The molecule has 0 saturated carbocycles. The van der Waals surface area contributed by atoms with E-state index in [-0.39, 0.29) is 12.0 Å². The molecule has 1 aromatic rings. The highest BCUT2D eigenvalue weighted by Crippen LogP contribution is 2.57. The summed E-state index contributed by atoms with van der Waals surface area (Å²) in [6, 6.07) is 0. The summed E-state index contributed by atoms with van der Waals surface area (Å²) in [5.74, 6) is 0. The van der Waals surface area contributed by atoms with Crippen molar-refractivity contribution in [3.8, 4) is 0 Å². The predicted molar refractivity (Wildman–Crippen MR) is 116 cm³/mol. The van der Waals surface area contributed by atoms with Crippen molar-refractivity contribution in [2.45, 2.75) is 69.4 Å².